The summed E-state index contributed by atoms with van der Waals surface area (Å²) in [4.78, 5) is 4.42. The van der Waals surface area contributed by atoms with E-state index in [0.717, 1.165) is 34.6 Å². The maximum Gasteiger partial charge on any atom is 0.134 e. The molecule has 3 aromatic rings. The molecule has 0 saturated carbocycles. The van der Waals surface area contributed by atoms with Crippen molar-refractivity contribution in [2.24, 2.45) is 4.99 Å². The van der Waals surface area contributed by atoms with Gasteiger partial charge in [-0.15, -0.1) is 5.10 Å². The average molecular weight is 570 g/mol. The van der Waals surface area contributed by atoms with Gasteiger partial charge in [0.25, 0.3) is 0 Å². The number of benzene rings is 2. The van der Waals surface area contributed by atoms with Crippen LogP contribution in [-0.2, 0) is 13.2 Å². The molecule has 6 nitrogen and oxygen atoms in total. The Morgan fingerprint density at radius 3 is 2.19 bits per heavy atom. The van der Waals surface area contributed by atoms with E-state index in [4.69, 9.17) is 4.74 Å². The van der Waals surface area contributed by atoms with E-state index < -0.39 is 0 Å². The highest BCUT2D eigenvalue weighted by Crippen LogP contribution is 2.23. The van der Waals surface area contributed by atoms with Crippen LogP contribution >= 0.6 is 15.9 Å². The van der Waals surface area contributed by atoms with Crippen LogP contribution in [0.4, 0.5) is 5.69 Å². The Bertz CT molecular complexity index is 1070. The molecule has 0 fully saturated rings. The molecule has 7 heteroatoms. The van der Waals surface area contributed by atoms with Crippen molar-refractivity contribution < 1.29 is 9.84 Å². The number of halogens is 1. The summed E-state index contributed by atoms with van der Waals surface area (Å²) < 4.78 is 8.61. The second-order valence-electron chi connectivity index (χ2n) is 9.61. The summed E-state index contributed by atoms with van der Waals surface area (Å²) in [6.07, 6.45) is 19.8. The monoisotopic (exact) mass is 568 g/mol. The zero-order valence-electron chi connectivity index (χ0n) is 22.1. The number of phenolic OH excluding ortho intramolecular Hbond substituents is 1. The lowest BCUT2D eigenvalue weighted by molar-refractivity contribution is 0.301. The molecule has 1 N–H and O–H groups in total. The first-order valence-corrected chi connectivity index (χ1v) is 14.6. The maximum atomic E-state index is 9.97. The summed E-state index contributed by atoms with van der Waals surface area (Å²) in [5, 5.41) is 18.5. The van der Waals surface area contributed by atoms with Crippen molar-refractivity contribution in [3.63, 3.8) is 0 Å². The van der Waals surface area contributed by atoms with Gasteiger partial charge in [-0.25, -0.2) is 0 Å². The minimum Gasteiger partial charge on any atom is -0.507 e. The molecule has 0 bridgehead atoms. The van der Waals surface area contributed by atoms with Crippen molar-refractivity contribution in [2.45, 2.75) is 97.1 Å². The zero-order chi connectivity index (χ0) is 26.1. The molecule has 1 aromatic heterocycles. The summed E-state index contributed by atoms with van der Waals surface area (Å²) in [6.45, 7) is 3.56. The predicted molar refractivity (Wildman–Crippen MR) is 155 cm³/mol. The summed E-state index contributed by atoms with van der Waals surface area (Å²) in [5.41, 5.74) is 2.27. The number of phenols is 1. The van der Waals surface area contributed by atoms with E-state index in [0.29, 0.717) is 12.2 Å². The Labute approximate surface area is 230 Å². The molecule has 0 spiro atoms. The quantitative estimate of drug-likeness (QED) is 0.123. The molecule has 3 rings (SSSR count). The van der Waals surface area contributed by atoms with Gasteiger partial charge in [0.1, 0.15) is 23.8 Å². The zero-order valence-corrected chi connectivity index (χ0v) is 23.7. The van der Waals surface area contributed by atoms with E-state index in [1.54, 1.807) is 12.3 Å². The lowest BCUT2D eigenvalue weighted by atomic mass is 10.1. The number of aryl methyl sites for hydroxylation is 1. The molecule has 0 atom stereocenters. The number of ether oxygens (including phenoxy) is 1. The van der Waals surface area contributed by atoms with Gasteiger partial charge in [-0.2, -0.15) is 0 Å². The third-order valence-electron chi connectivity index (χ3n) is 6.40. The molecule has 1 heterocycles. The molecule has 0 aliphatic carbocycles. The van der Waals surface area contributed by atoms with Crippen molar-refractivity contribution >= 4 is 27.8 Å². The highest BCUT2D eigenvalue weighted by atomic mass is 79.9. The molecule has 0 radical (unpaired) electrons. The molecular formula is C30H41BrN4O2. The van der Waals surface area contributed by atoms with Crippen LogP contribution in [0.3, 0.4) is 0 Å². The van der Waals surface area contributed by atoms with E-state index in [-0.39, 0.29) is 5.75 Å². The lowest BCUT2D eigenvalue weighted by Crippen LogP contribution is -1.98. The maximum absolute atomic E-state index is 9.97. The van der Waals surface area contributed by atoms with Gasteiger partial charge in [0, 0.05) is 22.8 Å². The number of hydrogen-bond donors (Lipinski definition) is 1. The number of aromatic nitrogens is 3. The van der Waals surface area contributed by atoms with E-state index in [1.165, 1.54) is 70.6 Å². The van der Waals surface area contributed by atoms with Crippen LogP contribution < -0.4 is 4.74 Å². The van der Waals surface area contributed by atoms with Gasteiger partial charge in [-0.05, 0) is 48.9 Å². The first-order chi connectivity index (χ1) is 18.1. The van der Waals surface area contributed by atoms with Crippen LogP contribution in [-0.4, -0.2) is 26.3 Å². The van der Waals surface area contributed by atoms with Crippen LogP contribution in [0.25, 0.3) is 0 Å². The van der Waals surface area contributed by atoms with E-state index in [2.05, 4.69) is 38.2 Å². The van der Waals surface area contributed by atoms with E-state index >= 15 is 0 Å². The Balaban J connectivity index is 1.27. The second-order valence-corrected chi connectivity index (χ2v) is 10.5. The van der Waals surface area contributed by atoms with E-state index in [9.17, 15) is 5.11 Å². The lowest BCUT2D eigenvalue weighted by Gasteiger charge is -2.04. The molecule has 0 unspecified atom stereocenters. The normalized spacial score (nSPS) is 11.4. The van der Waals surface area contributed by atoms with Crippen molar-refractivity contribution in [3.05, 3.63) is 64.4 Å². The largest absolute Gasteiger partial charge is 0.507 e. The molecule has 0 aliphatic rings. The highest BCUT2D eigenvalue weighted by Gasteiger charge is 2.03. The Hall–Kier alpha value is -2.67. The minimum absolute atomic E-state index is 0.185. The summed E-state index contributed by atoms with van der Waals surface area (Å²) in [5.74, 6) is 0.936. The summed E-state index contributed by atoms with van der Waals surface area (Å²) in [7, 11) is 0. The van der Waals surface area contributed by atoms with Crippen molar-refractivity contribution in [2.75, 3.05) is 0 Å². The second kappa shape index (κ2) is 17.0. The average Bonchev–Trinajstić information content (AvgIpc) is 3.36. The molecule has 0 amide bonds. The van der Waals surface area contributed by atoms with Crippen molar-refractivity contribution in [1.82, 2.24) is 15.0 Å². The number of nitrogens with zero attached hydrogens (tertiary/aromatic N) is 4. The smallest absolute Gasteiger partial charge is 0.134 e. The minimum atomic E-state index is 0.185. The fourth-order valence-corrected chi connectivity index (χ4v) is 4.53. The number of aliphatic imine (C=N–C) groups is 1. The summed E-state index contributed by atoms with van der Waals surface area (Å²) >= 11 is 3.34. The van der Waals surface area contributed by atoms with Crippen LogP contribution in [0.1, 0.15) is 95.2 Å². The molecular weight excluding hydrogens is 528 g/mol. The standard InChI is InChI=1S/C30H41BrN4O2/c1-2-3-4-5-6-7-8-9-10-11-12-13-20-35-23-28(33-34-35)24-37-29-18-16-27(17-19-29)32-22-25-14-15-26(31)21-30(25)36/h14-19,21-23,36H,2-13,20,24H2,1H3. The predicted octanol–water partition coefficient (Wildman–Crippen LogP) is 8.78. The van der Waals surface area contributed by atoms with Gasteiger partial charge >= 0.3 is 0 Å². The number of unbranched alkanes of at least 4 members (excludes halogenated alkanes) is 11. The Morgan fingerprint density at radius 2 is 1.54 bits per heavy atom. The van der Waals surface area contributed by atoms with Gasteiger partial charge in [0.05, 0.1) is 11.9 Å². The van der Waals surface area contributed by atoms with Gasteiger partial charge in [0.2, 0.25) is 0 Å². The first-order valence-electron chi connectivity index (χ1n) is 13.8. The number of aromatic hydroxyl groups is 1. The highest BCUT2D eigenvalue weighted by molar-refractivity contribution is 9.10. The van der Waals surface area contributed by atoms with Crippen LogP contribution in [0, 0.1) is 0 Å². The van der Waals surface area contributed by atoms with Crippen molar-refractivity contribution in [1.29, 1.82) is 0 Å². The number of rotatable bonds is 18. The fraction of sp³-hybridized carbons (Fsp3) is 0.500. The van der Waals surface area contributed by atoms with Crippen molar-refractivity contribution in [3.8, 4) is 11.5 Å². The molecule has 37 heavy (non-hydrogen) atoms. The molecule has 2 aromatic carbocycles. The Morgan fingerprint density at radius 1 is 0.892 bits per heavy atom. The van der Waals surface area contributed by atoms with Gasteiger partial charge in [-0.3, -0.25) is 9.67 Å². The third kappa shape index (κ3) is 11.5. The van der Waals surface area contributed by atoms with E-state index in [1.807, 2.05) is 47.3 Å². The molecule has 0 saturated heterocycles. The van der Waals surface area contributed by atoms with Gasteiger partial charge < -0.3 is 9.84 Å². The van der Waals surface area contributed by atoms with Gasteiger partial charge in [0.15, 0.2) is 0 Å². The third-order valence-corrected chi connectivity index (χ3v) is 6.89. The van der Waals surface area contributed by atoms with Crippen LogP contribution in [0.15, 0.2) is 58.1 Å². The van der Waals surface area contributed by atoms with Gasteiger partial charge in [-0.1, -0.05) is 98.7 Å². The SMILES string of the molecule is CCCCCCCCCCCCCCn1cc(COc2ccc(N=Cc3ccc(Br)cc3O)cc2)nn1. The fourth-order valence-electron chi connectivity index (χ4n) is 4.18. The first kappa shape index (κ1) is 28.9. The Kier molecular flexibility index (Phi) is 13.2. The molecule has 0 aliphatic heterocycles. The van der Waals surface area contributed by atoms with Crippen LogP contribution in [0.5, 0.6) is 11.5 Å². The topological polar surface area (TPSA) is 72.5 Å². The van der Waals surface area contributed by atoms with Crippen LogP contribution in [0.2, 0.25) is 0 Å². The number of hydrogen-bond acceptors (Lipinski definition) is 5. The molecule has 200 valence electrons. The summed E-state index contributed by atoms with van der Waals surface area (Å²) in [6, 6.07) is 12.8.